The zero-order chi connectivity index (χ0) is 15.9. The Bertz CT molecular complexity index is 607. The number of nitrogens with one attached hydrogen (secondary N) is 2. The van der Waals surface area contributed by atoms with Gasteiger partial charge in [0.05, 0.1) is 19.7 Å². The summed E-state index contributed by atoms with van der Waals surface area (Å²) in [4.78, 5) is 12.0. The normalized spacial score (nSPS) is 11.8. The second-order valence-electron chi connectivity index (χ2n) is 4.99. The fourth-order valence-corrected chi connectivity index (χ4v) is 2.14. The molecule has 22 heavy (non-hydrogen) atoms. The number of hydrogen-bond donors (Lipinski definition) is 2. The molecule has 0 unspecified atom stereocenters. The van der Waals surface area contributed by atoms with Crippen molar-refractivity contribution in [2.24, 2.45) is 0 Å². The summed E-state index contributed by atoms with van der Waals surface area (Å²) in [5.41, 5.74) is 1.74. The van der Waals surface area contributed by atoms with Crippen molar-refractivity contribution in [3.8, 4) is 5.75 Å². The van der Waals surface area contributed by atoms with Crippen molar-refractivity contribution in [1.82, 2.24) is 15.8 Å². The molecule has 0 spiro atoms. The van der Waals surface area contributed by atoms with E-state index in [9.17, 15) is 4.79 Å². The number of aryl methyl sites for hydroxylation is 1. The van der Waals surface area contributed by atoms with Crippen LogP contribution in [-0.4, -0.2) is 18.3 Å². The maximum absolute atomic E-state index is 12.0. The fraction of sp³-hybridized carbons (Fsp3) is 0.375. The largest absolute Gasteiger partial charge is 0.497 e. The highest BCUT2D eigenvalue weighted by molar-refractivity contribution is 5.74. The Labute approximate surface area is 129 Å². The zero-order valence-corrected chi connectivity index (χ0v) is 13.1. The second kappa shape index (κ2) is 7.49. The number of ether oxygens (including phenoxy) is 1. The third-order valence-corrected chi connectivity index (χ3v) is 3.34. The predicted octanol–water partition coefficient (Wildman–Crippen LogP) is 2.94. The van der Waals surface area contributed by atoms with Crippen molar-refractivity contribution in [1.29, 1.82) is 0 Å². The molecule has 0 fully saturated rings. The van der Waals surface area contributed by atoms with Gasteiger partial charge < -0.3 is 19.9 Å². The summed E-state index contributed by atoms with van der Waals surface area (Å²) in [6.07, 6.45) is 0.794. The van der Waals surface area contributed by atoms with E-state index in [2.05, 4.69) is 15.8 Å². The molecule has 0 bridgehead atoms. The first kappa shape index (κ1) is 15.9. The number of methoxy groups -OCH3 is 1. The van der Waals surface area contributed by atoms with Crippen LogP contribution in [0.25, 0.3) is 0 Å². The predicted molar refractivity (Wildman–Crippen MR) is 82.6 cm³/mol. The molecule has 0 radical (unpaired) electrons. The van der Waals surface area contributed by atoms with Gasteiger partial charge in [0.25, 0.3) is 0 Å². The van der Waals surface area contributed by atoms with Crippen molar-refractivity contribution in [3.05, 3.63) is 47.3 Å². The molecule has 6 nitrogen and oxygen atoms in total. The van der Waals surface area contributed by atoms with E-state index >= 15 is 0 Å². The van der Waals surface area contributed by atoms with Crippen LogP contribution in [0.1, 0.15) is 36.4 Å². The van der Waals surface area contributed by atoms with Crippen molar-refractivity contribution < 1.29 is 14.1 Å². The van der Waals surface area contributed by atoms with E-state index in [1.807, 2.05) is 38.1 Å². The minimum atomic E-state index is -0.233. The van der Waals surface area contributed by atoms with E-state index in [-0.39, 0.29) is 12.1 Å². The number of rotatable bonds is 6. The Morgan fingerprint density at radius 3 is 2.64 bits per heavy atom. The molecule has 118 valence electrons. The molecule has 0 saturated heterocycles. The van der Waals surface area contributed by atoms with Crippen molar-refractivity contribution in [3.63, 3.8) is 0 Å². The third-order valence-electron chi connectivity index (χ3n) is 3.34. The Hall–Kier alpha value is -2.50. The van der Waals surface area contributed by atoms with Crippen LogP contribution in [0.4, 0.5) is 4.79 Å². The Morgan fingerprint density at radius 1 is 1.36 bits per heavy atom. The fourth-order valence-electron chi connectivity index (χ4n) is 2.14. The van der Waals surface area contributed by atoms with Gasteiger partial charge >= 0.3 is 6.03 Å². The Balaban J connectivity index is 1.89. The topological polar surface area (TPSA) is 76.4 Å². The smallest absolute Gasteiger partial charge is 0.315 e. The van der Waals surface area contributed by atoms with E-state index < -0.39 is 0 Å². The molecular formula is C16H21N3O3. The van der Waals surface area contributed by atoms with E-state index in [0.717, 1.165) is 23.5 Å². The van der Waals surface area contributed by atoms with Crippen LogP contribution in [0.5, 0.6) is 5.75 Å². The maximum Gasteiger partial charge on any atom is 0.315 e. The molecule has 0 aliphatic carbocycles. The summed E-state index contributed by atoms with van der Waals surface area (Å²) in [5.74, 6) is 1.52. The van der Waals surface area contributed by atoms with Gasteiger partial charge in [-0.2, -0.15) is 0 Å². The standard InChI is InChI=1S/C16H21N3O3/c1-4-15(12-5-7-14(21-3)8-6-12)18-16(20)17-10-13-9-11(2)22-19-13/h5-9,15H,4,10H2,1-3H3,(H2,17,18,20)/t15-/m0/s1. The van der Waals surface area contributed by atoms with E-state index in [1.165, 1.54) is 0 Å². The first-order valence-electron chi connectivity index (χ1n) is 7.23. The van der Waals surface area contributed by atoms with Gasteiger partial charge in [0, 0.05) is 6.07 Å². The molecule has 2 amide bonds. The summed E-state index contributed by atoms with van der Waals surface area (Å²) < 4.78 is 10.1. The summed E-state index contributed by atoms with van der Waals surface area (Å²) >= 11 is 0. The molecule has 1 heterocycles. The van der Waals surface area contributed by atoms with E-state index in [0.29, 0.717) is 12.2 Å². The number of aromatic nitrogens is 1. The average molecular weight is 303 g/mol. The minimum Gasteiger partial charge on any atom is -0.497 e. The highest BCUT2D eigenvalue weighted by Gasteiger charge is 2.13. The number of carbonyl (C=O) groups excluding carboxylic acids is 1. The molecule has 0 aliphatic rings. The molecule has 2 rings (SSSR count). The van der Waals surface area contributed by atoms with Gasteiger partial charge in [-0.3, -0.25) is 0 Å². The quantitative estimate of drug-likeness (QED) is 0.860. The Kier molecular flexibility index (Phi) is 5.41. The highest BCUT2D eigenvalue weighted by Crippen LogP contribution is 2.19. The average Bonchev–Trinajstić information content (AvgIpc) is 2.96. The summed E-state index contributed by atoms with van der Waals surface area (Å²) in [6.45, 7) is 4.17. The SMILES string of the molecule is CC[C@H](NC(=O)NCc1cc(C)on1)c1ccc(OC)cc1. The van der Waals surface area contributed by atoms with Crippen molar-refractivity contribution in [2.45, 2.75) is 32.9 Å². The van der Waals surface area contributed by atoms with E-state index in [4.69, 9.17) is 9.26 Å². The molecule has 1 aromatic heterocycles. The first-order valence-corrected chi connectivity index (χ1v) is 7.23. The monoisotopic (exact) mass is 303 g/mol. The molecule has 2 N–H and O–H groups in total. The molecule has 6 heteroatoms. The van der Waals surface area contributed by atoms with Crippen LogP contribution in [0, 0.1) is 6.92 Å². The Morgan fingerprint density at radius 2 is 2.09 bits per heavy atom. The lowest BCUT2D eigenvalue weighted by Gasteiger charge is -2.18. The number of nitrogens with zero attached hydrogens (tertiary/aromatic N) is 1. The van der Waals surface area contributed by atoms with Crippen LogP contribution < -0.4 is 15.4 Å². The van der Waals surface area contributed by atoms with Gasteiger partial charge in [-0.1, -0.05) is 24.2 Å². The van der Waals surface area contributed by atoms with Gasteiger partial charge in [0.1, 0.15) is 17.2 Å². The van der Waals surface area contributed by atoms with Gasteiger partial charge in [-0.05, 0) is 31.0 Å². The van der Waals surface area contributed by atoms with Gasteiger partial charge in [-0.15, -0.1) is 0 Å². The lowest BCUT2D eigenvalue weighted by atomic mass is 10.0. The number of amides is 2. The summed E-state index contributed by atoms with van der Waals surface area (Å²) in [6, 6.07) is 9.18. The maximum atomic E-state index is 12.0. The number of benzene rings is 1. The second-order valence-corrected chi connectivity index (χ2v) is 4.99. The van der Waals surface area contributed by atoms with Crippen molar-refractivity contribution >= 4 is 6.03 Å². The first-order chi connectivity index (χ1) is 10.6. The zero-order valence-electron chi connectivity index (χ0n) is 13.1. The van der Waals surface area contributed by atoms with Gasteiger partial charge in [0.2, 0.25) is 0 Å². The van der Waals surface area contributed by atoms with Crippen LogP contribution in [-0.2, 0) is 6.54 Å². The van der Waals surface area contributed by atoms with Gasteiger partial charge in [0.15, 0.2) is 0 Å². The third kappa shape index (κ3) is 4.25. The minimum absolute atomic E-state index is 0.0510. The van der Waals surface area contributed by atoms with Gasteiger partial charge in [-0.25, -0.2) is 4.79 Å². The summed E-state index contributed by atoms with van der Waals surface area (Å²) in [5, 5.41) is 9.55. The number of hydrogen-bond acceptors (Lipinski definition) is 4. The molecule has 0 saturated carbocycles. The van der Waals surface area contributed by atoms with Crippen LogP contribution in [0.2, 0.25) is 0 Å². The van der Waals surface area contributed by atoms with Crippen LogP contribution in [0.3, 0.4) is 0 Å². The van der Waals surface area contributed by atoms with Crippen LogP contribution >= 0.6 is 0 Å². The van der Waals surface area contributed by atoms with Crippen LogP contribution in [0.15, 0.2) is 34.9 Å². The highest BCUT2D eigenvalue weighted by atomic mass is 16.5. The lowest BCUT2D eigenvalue weighted by Crippen LogP contribution is -2.37. The lowest BCUT2D eigenvalue weighted by molar-refractivity contribution is 0.236. The molecule has 2 aromatic rings. The molecule has 0 aliphatic heterocycles. The molecule has 1 aromatic carbocycles. The molecular weight excluding hydrogens is 282 g/mol. The molecule has 1 atom stereocenters. The number of carbonyl (C=O) groups is 1. The van der Waals surface area contributed by atoms with E-state index in [1.54, 1.807) is 13.2 Å². The number of urea groups is 1. The van der Waals surface area contributed by atoms with Crippen molar-refractivity contribution in [2.75, 3.05) is 7.11 Å². The summed E-state index contributed by atoms with van der Waals surface area (Å²) in [7, 11) is 1.63.